The first-order chi connectivity index (χ1) is 10.7. The Bertz CT molecular complexity index is 651. The Morgan fingerprint density at radius 2 is 2.09 bits per heavy atom. The number of phenolic OH excluding ortho intramolecular Hbond substituents is 1. The van der Waals surface area contributed by atoms with E-state index >= 15 is 0 Å². The SMILES string of the molecule is CCc1nc(-c2cccc(O)c2)ncc1N1CCC(N)CC1. The lowest BCUT2D eigenvalue weighted by molar-refractivity contribution is 0.475. The van der Waals surface area contributed by atoms with Gasteiger partial charge in [-0.3, -0.25) is 0 Å². The molecule has 0 spiro atoms. The van der Waals surface area contributed by atoms with Crippen molar-refractivity contribution >= 4 is 5.69 Å². The van der Waals surface area contributed by atoms with Crippen molar-refractivity contribution in [3.63, 3.8) is 0 Å². The quantitative estimate of drug-likeness (QED) is 0.909. The normalized spacial score (nSPS) is 16.0. The molecule has 1 aromatic carbocycles. The van der Waals surface area contributed by atoms with Crippen LogP contribution in [0.5, 0.6) is 5.75 Å². The second-order valence-electron chi connectivity index (χ2n) is 5.75. The maximum absolute atomic E-state index is 9.61. The van der Waals surface area contributed by atoms with Gasteiger partial charge in [0.2, 0.25) is 0 Å². The molecule has 1 aliphatic heterocycles. The molecule has 0 saturated carbocycles. The van der Waals surface area contributed by atoms with Gasteiger partial charge in [0.25, 0.3) is 0 Å². The van der Waals surface area contributed by atoms with Gasteiger partial charge in [-0.05, 0) is 31.4 Å². The van der Waals surface area contributed by atoms with Crippen molar-refractivity contribution in [2.24, 2.45) is 5.73 Å². The van der Waals surface area contributed by atoms with Crippen molar-refractivity contribution in [3.05, 3.63) is 36.2 Å². The fourth-order valence-electron chi connectivity index (χ4n) is 2.86. The maximum atomic E-state index is 9.61. The standard InChI is InChI=1S/C17H22N4O/c1-2-15-16(21-8-6-13(18)7-9-21)11-19-17(20-15)12-4-3-5-14(22)10-12/h3-5,10-11,13,22H,2,6-9,18H2,1H3. The Balaban J connectivity index is 1.91. The Labute approximate surface area is 130 Å². The fourth-order valence-corrected chi connectivity index (χ4v) is 2.86. The minimum Gasteiger partial charge on any atom is -0.508 e. The third-order valence-corrected chi connectivity index (χ3v) is 4.17. The molecule has 0 bridgehead atoms. The summed E-state index contributed by atoms with van der Waals surface area (Å²) in [5.41, 5.74) is 8.97. The Morgan fingerprint density at radius 1 is 1.32 bits per heavy atom. The first kappa shape index (κ1) is 14.8. The topological polar surface area (TPSA) is 75.3 Å². The van der Waals surface area contributed by atoms with Gasteiger partial charge in [-0.25, -0.2) is 9.97 Å². The summed E-state index contributed by atoms with van der Waals surface area (Å²) in [6.07, 6.45) is 4.78. The zero-order valence-corrected chi connectivity index (χ0v) is 12.9. The highest BCUT2D eigenvalue weighted by Gasteiger charge is 2.19. The van der Waals surface area contributed by atoms with E-state index in [0.29, 0.717) is 11.9 Å². The largest absolute Gasteiger partial charge is 0.508 e. The molecule has 0 amide bonds. The summed E-state index contributed by atoms with van der Waals surface area (Å²) < 4.78 is 0. The van der Waals surface area contributed by atoms with Gasteiger partial charge in [0.1, 0.15) is 5.75 Å². The molecular weight excluding hydrogens is 276 g/mol. The van der Waals surface area contributed by atoms with E-state index < -0.39 is 0 Å². The zero-order chi connectivity index (χ0) is 15.5. The minimum absolute atomic E-state index is 0.230. The lowest BCUT2D eigenvalue weighted by Crippen LogP contribution is -2.40. The number of benzene rings is 1. The molecule has 2 aromatic rings. The molecule has 3 rings (SSSR count). The van der Waals surface area contributed by atoms with E-state index in [2.05, 4.69) is 16.8 Å². The first-order valence-electron chi connectivity index (χ1n) is 7.83. The molecule has 0 radical (unpaired) electrons. The van der Waals surface area contributed by atoms with Crippen LogP contribution in [0.1, 0.15) is 25.5 Å². The summed E-state index contributed by atoms with van der Waals surface area (Å²) in [7, 11) is 0. The number of aromatic nitrogens is 2. The van der Waals surface area contributed by atoms with Gasteiger partial charge in [-0.1, -0.05) is 19.1 Å². The number of hydrogen-bond donors (Lipinski definition) is 2. The number of aryl methyl sites for hydroxylation is 1. The molecule has 0 aliphatic carbocycles. The predicted molar refractivity (Wildman–Crippen MR) is 87.9 cm³/mol. The molecular formula is C17H22N4O. The van der Waals surface area contributed by atoms with Crippen molar-refractivity contribution in [3.8, 4) is 17.1 Å². The van der Waals surface area contributed by atoms with E-state index in [1.807, 2.05) is 12.3 Å². The summed E-state index contributed by atoms with van der Waals surface area (Å²) >= 11 is 0. The molecule has 5 heteroatoms. The molecule has 1 fully saturated rings. The van der Waals surface area contributed by atoms with Crippen LogP contribution in [0.3, 0.4) is 0 Å². The van der Waals surface area contributed by atoms with E-state index in [9.17, 15) is 5.11 Å². The average molecular weight is 298 g/mol. The molecule has 22 heavy (non-hydrogen) atoms. The predicted octanol–water partition coefficient (Wildman–Crippen LogP) is 2.34. The molecule has 1 saturated heterocycles. The maximum Gasteiger partial charge on any atom is 0.159 e. The number of hydrogen-bond acceptors (Lipinski definition) is 5. The van der Waals surface area contributed by atoms with Crippen molar-refractivity contribution in [1.29, 1.82) is 0 Å². The van der Waals surface area contributed by atoms with Crippen LogP contribution in [-0.2, 0) is 6.42 Å². The lowest BCUT2D eigenvalue weighted by atomic mass is 10.1. The van der Waals surface area contributed by atoms with Gasteiger partial charge in [-0.15, -0.1) is 0 Å². The van der Waals surface area contributed by atoms with Crippen LogP contribution in [0.4, 0.5) is 5.69 Å². The van der Waals surface area contributed by atoms with Crippen LogP contribution in [0.15, 0.2) is 30.5 Å². The van der Waals surface area contributed by atoms with Gasteiger partial charge in [0.15, 0.2) is 5.82 Å². The molecule has 1 aliphatic rings. The molecule has 3 N–H and O–H groups in total. The lowest BCUT2D eigenvalue weighted by Gasteiger charge is -2.32. The molecule has 5 nitrogen and oxygen atoms in total. The van der Waals surface area contributed by atoms with Gasteiger partial charge in [-0.2, -0.15) is 0 Å². The highest BCUT2D eigenvalue weighted by Crippen LogP contribution is 2.26. The smallest absolute Gasteiger partial charge is 0.159 e. The Morgan fingerprint density at radius 3 is 2.77 bits per heavy atom. The third kappa shape index (κ3) is 3.04. The van der Waals surface area contributed by atoms with E-state index in [-0.39, 0.29) is 5.75 Å². The third-order valence-electron chi connectivity index (χ3n) is 4.17. The van der Waals surface area contributed by atoms with Crippen LogP contribution in [0.25, 0.3) is 11.4 Å². The van der Waals surface area contributed by atoms with Crippen LogP contribution < -0.4 is 10.6 Å². The van der Waals surface area contributed by atoms with Crippen molar-refractivity contribution < 1.29 is 5.11 Å². The Hall–Kier alpha value is -2.14. The highest BCUT2D eigenvalue weighted by molar-refractivity contribution is 5.60. The second-order valence-corrected chi connectivity index (χ2v) is 5.75. The molecule has 116 valence electrons. The number of nitrogens with zero attached hydrogens (tertiary/aromatic N) is 3. The van der Waals surface area contributed by atoms with Gasteiger partial charge < -0.3 is 15.7 Å². The van der Waals surface area contributed by atoms with Crippen LogP contribution in [-0.4, -0.2) is 34.2 Å². The van der Waals surface area contributed by atoms with Crippen molar-refractivity contribution in [2.75, 3.05) is 18.0 Å². The molecule has 1 aromatic heterocycles. The van der Waals surface area contributed by atoms with Crippen LogP contribution >= 0.6 is 0 Å². The molecule has 0 atom stereocenters. The summed E-state index contributed by atoms with van der Waals surface area (Å²) in [6, 6.07) is 7.37. The number of piperidine rings is 1. The van der Waals surface area contributed by atoms with Crippen molar-refractivity contribution in [1.82, 2.24) is 9.97 Å². The molecule has 2 heterocycles. The van der Waals surface area contributed by atoms with Gasteiger partial charge >= 0.3 is 0 Å². The second kappa shape index (κ2) is 6.32. The number of phenols is 1. The number of nitrogens with two attached hydrogens (primary N) is 1. The number of rotatable bonds is 3. The zero-order valence-electron chi connectivity index (χ0n) is 12.9. The summed E-state index contributed by atoms with van der Waals surface area (Å²) in [4.78, 5) is 11.5. The highest BCUT2D eigenvalue weighted by atomic mass is 16.3. The summed E-state index contributed by atoms with van der Waals surface area (Å²) in [6.45, 7) is 4.03. The Kier molecular flexibility index (Phi) is 4.24. The summed E-state index contributed by atoms with van der Waals surface area (Å²) in [5.74, 6) is 0.887. The molecule has 0 unspecified atom stereocenters. The number of aromatic hydroxyl groups is 1. The fraction of sp³-hybridized carbons (Fsp3) is 0.412. The van der Waals surface area contributed by atoms with Crippen molar-refractivity contribution in [2.45, 2.75) is 32.2 Å². The minimum atomic E-state index is 0.230. The average Bonchev–Trinajstić information content (AvgIpc) is 2.55. The summed E-state index contributed by atoms with van der Waals surface area (Å²) in [5, 5.41) is 9.61. The van der Waals surface area contributed by atoms with E-state index in [1.165, 1.54) is 0 Å². The van der Waals surface area contributed by atoms with Crippen LogP contribution in [0.2, 0.25) is 0 Å². The van der Waals surface area contributed by atoms with E-state index in [0.717, 1.165) is 49.3 Å². The first-order valence-corrected chi connectivity index (χ1v) is 7.83. The monoisotopic (exact) mass is 298 g/mol. The van der Waals surface area contributed by atoms with Gasteiger partial charge in [0.05, 0.1) is 17.6 Å². The number of anilines is 1. The van der Waals surface area contributed by atoms with Crippen LogP contribution in [0, 0.1) is 0 Å². The van der Waals surface area contributed by atoms with E-state index in [4.69, 9.17) is 10.7 Å². The van der Waals surface area contributed by atoms with E-state index in [1.54, 1.807) is 18.2 Å². The van der Waals surface area contributed by atoms with Gasteiger partial charge in [0, 0.05) is 24.7 Å².